The van der Waals surface area contributed by atoms with Crippen LogP contribution in [-0.2, 0) is 4.74 Å². The lowest BCUT2D eigenvalue weighted by molar-refractivity contribution is -0.121. The lowest BCUT2D eigenvalue weighted by atomic mass is 9.68. The first-order chi connectivity index (χ1) is 4.81. The van der Waals surface area contributed by atoms with E-state index in [0.29, 0.717) is 6.10 Å². The maximum Gasteiger partial charge on any atom is 0.0652 e. The standard InChI is InChI=1S/C8H15NO/c1-9-4-6-3-7(5-9)8(6)10-2/h6-8H,3-5H2,1-2H3/t6-,7+,8+. The second-order valence-corrected chi connectivity index (χ2v) is 3.68. The Morgan fingerprint density at radius 2 is 1.90 bits per heavy atom. The minimum Gasteiger partial charge on any atom is -0.381 e. The number of methoxy groups -OCH3 is 1. The number of piperidine rings is 2. The zero-order valence-electron chi connectivity index (χ0n) is 6.71. The van der Waals surface area contributed by atoms with Crippen molar-refractivity contribution in [1.29, 1.82) is 0 Å². The van der Waals surface area contributed by atoms with E-state index >= 15 is 0 Å². The van der Waals surface area contributed by atoms with E-state index in [1.54, 1.807) is 0 Å². The van der Waals surface area contributed by atoms with E-state index in [2.05, 4.69) is 11.9 Å². The Bertz CT molecular complexity index is 125. The molecule has 2 saturated heterocycles. The van der Waals surface area contributed by atoms with Gasteiger partial charge in [-0.1, -0.05) is 0 Å². The molecule has 2 nitrogen and oxygen atoms in total. The minimum atomic E-state index is 0.594. The monoisotopic (exact) mass is 141 g/mol. The summed E-state index contributed by atoms with van der Waals surface area (Å²) in [7, 11) is 4.04. The van der Waals surface area contributed by atoms with Crippen LogP contribution in [0, 0.1) is 11.8 Å². The van der Waals surface area contributed by atoms with Crippen LogP contribution >= 0.6 is 0 Å². The van der Waals surface area contributed by atoms with Crippen molar-refractivity contribution in [2.75, 3.05) is 27.2 Å². The maximum atomic E-state index is 5.37. The molecule has 0 amide bonds. The summed E-state index contributed by atoms with van der Waals surface area (Å²) in [6, 6.07) is 0. The van der Waals surface area contributed by atoms with Gasteiger partial charge in [-0.25, -0.2) is 0 Å². The first-order valence-corrected chi connectivity index (χ1v) is 4.02. The fourth-order valence-electron chi connectivity index (χ4n) is 2.46. The van der Waals surface area contributed by atoms with E-state index in [4.69, 9.17) is 4.74 Å². The van der Waals surface area contributed by atoms with Gasteiger partial charge in [-0.15, -0.1) is 0 Å². The van der Waals surface area contributed by atoms with Gasteiger partial charge in [0.2, 0.25) is 0 Å². The van der Waals surface area contributed by atoms with E-state index in [0.717, 1.165) is 11.8 Å². The largest absolute Gasteiger partial charge is 0.381 e. The van der Waals surface area contributed by atoms with E-state index in [1.807, 2.05) is 7.11 Å². The van der Waals surface area contributed by atoms with E-state index in [-0.39, 0.29) is 0 Å². The number of ether oxygens (including phenoxy) is 1. The van der Waals surface area contributed by atoms with E-state index in [1.165, 1.54) is 19.5 Å². The van der Waals surface area contributed by atoms with Crippen LogP contribution < -0.4 is 0 Å². The van der Waals surface area contributed by atoms with Crippen molar-refractivity contribution >= 4 is 0 Å². The van der Waals surface area contributed by atoms with E-state index < -0.39 is 0 Å². The molecule has 0 radical (unpaired) electrons. The summed E-state index contributed by atoms with van der Waals surface area (Å²) in [5, 5.41) is 0. The van der Waals surface area contributed by atoms with Crippen LogP contribution in [0.5, 0.6) is 0 Å². The topological polar surface area (TPSA) is 12.5 Å². The molecule has 2 heterocycles. The molecule has 2 aliphatic heterocycles. The van der Waals surface area contributed by atoms with Crippen molar-refractivity contribution in [3.8, 4) is 0 Å². The van der Waals surface area contributed by atoms with Gasteiger partial charge in [-0.2, -0.15) is 0 Å². The Labute approximate surface area is 62.2 Å². The molecule has 3 fully saturated rings. The van der Waals surface area contributed by atoms with Gasteiger partial charge < -0.3 is 9.64 Å². The molecule has 10 heavy (non-hydrogen) atoms. The molecule has 3 rings (SSSR count). The summed E-state index contributed by atoms with van der Waals surface area (Å²) in [5.41, 5.74) is 0. The lowest BCUT2D eigenvalue weighted by Gasteiger charge is -2.51. The first kappa shape index (κ1) is 6.62. The number of hydrogen-bond acceptors (Lipinski definition) is 2. The normalized spacial score (nSPS) is 46.8. The molecule has 0 aromatic heterocycles. The molecular formula is C8H15NO. The molecule has 3 aliphatic rings. The molecule has 1 saturated carbocycles. The number of fused-ring (bicyclic) bond motifs is 2. The summed E-state index contributed by atoms with van der Waals surface area (Å²) in [4.78, 5) is 2.41. The average molecular weight is 141 g/mol. The SMILES string of the molecule is CO[C@H]1[C@@H]2C[C@H]1CN(C)C2. The lowest BCUT2D eigenvalue weighted by Crippen LogP contribution is -2.57. The highest BCUT2D eigenvalue weighted by Gasteiger charge is 2.45. The van der Waals surface area contributed by atoms with Crippen LogP contribution in [0.4, 0.5) is 0 Å². The molecular weight excluding hydrogens is 126 g/mol. The predicted octanol–water partition coefficient (Wildman–Crippen LogP) is 0.583. The van der Waals surface area contributed by atoms with Crippen LogP contribution in [0.2, 0.25) is 0 Å². The molecule has 0 aromatic carbocycles. The Morgan fingerprint density at radius 1 is 1.30 bits per heavy atom. The van der Waals surface area contributed by atoms with Gasteiger partial charge >= 0.3 is 0 Å². The molecule has 1 aliphatic carbocycles. The molecule has 58 valence electrons. The summed E-state index contributed by atoms with van der Waals surface area (Å²) in [6.45, 7) is 2.49. The minimum absolute atomic E-state index is 0.594. The highest BCUT2D eigenvalue weighted by Crippen LogP contribution is 2.40. The molecule has 0 unspecified atom stereocenters. The first-order valence-electron chi connectivity index (χ1n) is 4.02. The average Bonchev–Trinajstić information content (AvgIpc) is 1.87. The van der Waals surface area contributed by atoms with Crippen molar-refractivity contribution < 1.29 is 4.74 Å². The summed E-state index contributed by atoms with van der Waals surface area (Å²) >= 11 is 0. The summed E-state index contributed by atoms with van der Waals surface area (Å²) < 4.78 is 5.37. The van der Waals surface area contributed by atoms with Crippen LogP contribution in [0.25, 0.3) is 0 Å². The Hall–Kier alpha value is -0.0800. The Balaban J connectivity index is 1.96. The maximum absolute atomic E-state index is 5.37. The summed E-state index contributed by atoms with van der Waals surface area (Å²) in [6.07, 6.45) is 2.00. The van der Waals surface area contributed by atoms with Gasteiger partial charge in [0.15, 0.2) is 0 Å². The number of rotatable bonds is 1. The highest BCUT2D eigenvalue weighted by atomic mass is 16.5. The molecule has 3 atom stereocenters. The number of hydrogen-bond donors (Lipinski definition) is 0. The van der Waals surface area contributed by atoms with Crippen molar-refractivity contribution in [3.05, 3.63) is 0 Å². The van der Waals surface area contributed by atoms with Crippen LogP contribution in [-0.4, -0.2) is 38.3 Å². The second kappa shape index (κ2) is 2.21. The fourth-order valence-corrected chi connectivity index (χ4v) is 2.46. The van der Waals surface area contributed by atoms with Crippen LogP contribution in [0.3, 0.4) is 0 Å². The zero-order chi connectivity index (χ0) is 7.14. The van der Waals surface area contributed by atoms with Crippen LogP contribution in [0.15, 0.2) is 0 Å². The second-order valence-electron chi connectivity index (χ2n) is 3.68. The predicted molar refractivity (Wildman–Crippen MR) is 39.9 cm³/mol. The van der Waals surface area contributed by atoms with Crippen LogP contribution in [0.1, 0.15) is 6.42 Å². The zero-order valence-corrected chi connectivity index (χ0v) is 6.71. The van der Waals surface area contributed by atoms with Gasteiger partial charge in [0.05, 0.1) is 6.10 Å². The summed E-state index contributed by atoms with van der Waals surface area (Å²) in [5.74, 6) is 1.68. The molecule has 0 N–H and O–H groups in total. The van der Waals surface area contributed by atoms with Gasteiger partial charge in [0, 0.05) is 20.2 Å². The third-order valence-corrected chi connectivity index (χ3v) is 2.90. The van der Waals surface area contributed by atoms with Crippen molar-refractivity contribution in [2.45, 2.75) is 12.5 Å². The molecule has 2 heteroatoms. The van der Waals surface area contributed by atoms with Crippen molar-refractivity contribution in [1.82, 2.24) is 4.90 Å². The Kier molecular flexibility index (Phi) is 1.46. The number of nitrogens with zero attached hydrogens (tertiary/aromatic N) is 1. The molecule has 0 aromatic rings. The molecule has 2 bridgehead atoms. The van der Waals surface area contributed by atoms with Crippen molar-refractivity contribution in [3.63, 3.8) is 0 Å². The third-order valence-electron chi connectivity index (χ3n) is 2.90. The fraction of sp³-hybridized carbons (Fsp3) is 1.00. The third kappa shape index (κ3) is 0.789. The van der Waals surface area contributed by atoms with E-state index in [9.17, 15) is 0 Å². The smallest absolute Gasteiger partial charge is 0.0652 e. The highest BCUT2D eigenvalue weighted by molar-refractivity contribution is 4.97. The molecule has 0 spiro atoms. The van der Waals surface area contributed by atoms with Gasteiger partial charge in [0.25, 0.3) is 0 Å². The quantitative estimate of drug-likeness (QED) is 0.529. The van der Waals surface area contributed by atoms with Gasteiger partial charge in [0.1, 0.15) is 0 Å². The Morgan fingerprint density at radius 3 is 2.40 bits per heavy atom. The van der Waals surface area contributed by atoms with Gasteiger partial charge in [-0.05, 0) is 25.3 Å². The van der Waals surface area contributed by atoms with Gasteiger partial charge in [-0.3, -0.25) is 0 Å². The van der Waals surface area contributed by atoms with Crippen molar-refractivity contribution in [2.24, 2.45) is 11.8 Å².